The maximum atomic E-state index is 5.94. The standard InChI is InChI=1S/C14H21N3O.HI/c1-17(12-7-8-12)14(15)16-10-9-11-5-3-4-6-13(11)18-2;/h3-6,12H,7-10H2,1-2H3,(H2,15,16);1H. The van der Waals surface area contributed by atoms with Crippen LogP contribution >= 0.6 is 24.0 Å². The number of para-hydroxylation sites is 1. The Kier molecular flexibility index (Phi) is 6.41. The van der Waals surface area contributed by atoms with Crippen LogP contribution in [-0.2, 0) is 6.42 Å². The summed E-state index contributed by atoms with van der Waals surface area (Å²) in [4.78, 5) is 6.49. The number of guanidine groups is 1. The van der Waals surface area contributed by atoms with Gasteiger partial charge in [0.1, 0.15) is 5.75 Å². The fourth-order valence-corrected chi connectivity index (χ4v) is 1.96. The lowest BCUT2D eigenvalue weighted by Crippen LogP contribution is -2.35. The number of hydrogen-bond acceptors (Lipinski definition) is 2. The fraction of sp³-hybridized carbons (Fsp3) is 0.500. The smallest absolute Gasteiger partial charge is 0.191 e. The van der Waals surface area contributed by atoms with Crippen molar-refractivity contribution >= 4 is 29.9 Å². The summed E-state index contributed by atoms with van der Waals surface area (Å²) >= 11 is 0. The molecule has 0 bridgehead atoms. The van der Waals surface area contributed by atoms with E-state index < -0.39 is 0 Å². The number of aliphatic imine (C=N–C) groups is 1. The summed E-state index contributed by atoms with van der Waals surface area (Å²) in [6.45, 7) is 0.698. The van der Waals surface area contributed by atoms with E-state index in [1.807, 2.05) is 25.2 Å². The second kappa shape index (κ2) is 7.57. The number of rotatable bonds is 5. The molecule has 0 unspecified atom stereocenters. The van der Waals surface area contributed by atoms with Crippen LogP contribution in [0.1, 0.15) is 18.4 Å². The highest BCUT2D eigenvalue weighted by Gasteiger charge is 2.27. The van der Waals surface area contributed by atoms with Crippen molar-refractivity contribution in [2.24, 2.45) is 10.7 Å². The first-order chi connectivity index (χ1) is 8.72. The van der Waals surface area contributed by atoms with Crippen molar-refractivity contribution in [1.82, 2.24) is 4.90 Å². The van der Waals surface area contributed by atoms with Gasteiger partial charge < -0.3 is 15.4 Å². The molecule has 1 aliphatic rings. The molecular formula is C14H22IN3O. The second-order valence-electron chi connectivity index (χ2n) is 4.64. The lowest BCUT2D eigenvalue weighted by Gasteiger charge is -2.16. The van der Waals surface area contributed by atoms with Crippen LogP contribution in [0.3, 0.4) is 0 Å². The van der Waals surface area contributed by atoms with Crippen LogP contribution in [0.4, 0.5) is 0 Å². The first-order valence-corrected chi connectivity index (χ1v) is 6.37. The number of benzene rings is 1. The zero-order valence-corrected chi connectivity index (χ0v) is 13.8. The Morgan fingerprint density at radius 1 is 1.42 bits per heavy atom. The predicted octanol–water partition coefficient (Wildman–Crippen LogP) is 2.26. The van der Waals surface area contributed by atoms with Crippen LogP contribution in [0, 0.1) is 0 Å². The largest absolute Gasteiger partial charge is 0.496 e. The van der Waals surface area contributed by atoms with Crippen molar-refractivity contribution < 1.29 is 4.74 Å². The van der Waals surface area contributed by atoms with E-state index in [1.165, 1.54) is 18.4 Å². The molecule has 0 saturated heterocycles. The Morgan fingerprint density at radius 2 is 2.11 bits per heavy atom. The SMILES string of the molecule is COc1ccccc1CCN=C(N)N(C)C1CC1.I. The van der Waals surface area contributed by atoms with Gasteiger partial charge in [0.05, 0.1) is 7.11 Å². The molecule has 0 atom stereocenters. The third-order valence-electron chi connectivity index (χ3n) is 3.30. The van der Waals surface area contributed by atoms with Gasteiger partial charge in [0.15, 0.2) is 5.96 Å². The van der Waals surface area contributed by atoms with Crippen molar-refractivity contribution in [2.75, 3.05) is 20.7 Å². The zero-order chi connectivity index (χ0) is 13.0. The normalized spacial score (nSPS) is 14.7. The van der Waals surface area contributed by atoms with E-state index in [-0.39, 0.29) is 24.0 Å². The van der Waals surface area contributed by atoms with Crippen LogP contribution in [-0.4, -0.2) is 37.6 Å². The Bertz CT molecular complexity index is 432. The van der Waals surface area contributed by atoms with Crippen LogP contribution in [0.15, 0.2) is 29.3 Å². The average Bonchev–Trinajstić information content (AvgIpc) is 3.22. The number of methoxy groups -OCH3 is 1. The quantitative estimate of drug-likeness (QED) is 0.488. The van der Waals surface area contributed by atoms with Crippen LogP contribution in [0.5, 0.6) is 5.75 Å². The topological polar surface area (TPSA) is 50.9 Å². The van der Waals surface area contributed by atoms with Crippen molar-refractivity contribution in [1.29, 1.82) is 0 Å². The van der Waals surface area contributed by atoms with Gasteiger partial charge in [-0.05, 0) is 30.9 Å². The van der Waals surface area contributed by atoms with Crippen molar-refractivity contribution in [2.45, 2.75) is 25.3 Å². The molecule has 1 aromatic rings. The molecule has 0 aliphatic heterocycles. The average molecular weight is 375 g/mol. The molecule has 106 valence electrons. The molecule has 2 rings (SSSR count). The third-order valence-corrected chi connectivity index (χ3v) is 3.30. The summed E-state index contributed by atoms with van der Waals surface area (Å²) in [6, 6.07) is 8.63. The molecule has 5 heteroatoms. The molecule has 1 saturated carbocycles. The van der Waals surface area contributed by atoms with E-state index in [0.29, 0.717) is 18.5 Å². The molecule has 0 aromatic heterocycles. The first kappa shape index (κ1) is 16.1. The minimum atomic E-state index is 0. The van der Waals surface area contributed by atoms with E-state index in [2.05, 4.69) is 16.0 Å². The highest BCUT2D eigenvalue weighted by Crippen LogP contribution is 2.24. The van der Waals surface area contributed by atoms with Gasteiger partial charge in [0.2, 0.25) is 0 Å². The lowest BCUT2D eigenvalue weighted by atomic mass is 10.1. The van der Waals surface area contributed by atoms with E-state index >= 15 is 0 Å². The molecule has 4 nitrogen and oxygen atoms in total. The van der Waals surface area contributed by atoms with Gasteiger partial charge in [-0.2, -0.15) is 0 Å². The third kappa shape index (κ3) is 4.56. The van der Waals surface area contributed by atoms with Gasteiger partial charge in [0, 0.05) is 19.6 Å². The van der Waals surface area contributed by atoms with Crippen molar-refractivity contribution in [3.05, 3.63) is 29.8 Å². The number of ether oxygens (including phenoxy) is 1. The number of nitrogens with zero attached hydrogens (tertiary/aromatic N) is 2. The number of halogens is 1. The van der Waals surface area contributed by atoms with Gasteiger partial charge >= 0.3 is 0 Å². The summed E-state index contributed by atoms with van der Waals surface area (Å²) in [6.07, 6.45) is 3.32. The summed E-state index contributed by atoms with van der Waals surface area (Å²) in [5, 5.41) is 0. The molecule has 2 N–H and O–H groups in total. The molecule has 0 heterocycles. The van der Waals surface area contributed by atoms with Crippen LogP contribution in [0.25, 0.3) is 0 Å². The minimum Gasteiger partial charge on any atom is -0.496 e. The molecule has 0 spiro atoms. The van der Waals surface area contributed by atoms with E-state index in [4.69, 9.17) is 10.5 Å². The highest BCUT2D eigenvalue weighted by molar-refractivity contribution is 14.0. The summed E-state index contributed by atoms with van der Waals surface area (Å²) in [5.41, 5.74) is 7.11. The molecule has 1 aromatic carbocycles. The summed E-state index contributed by atoms with van der Waals surface area (Å²) in [7, 11) is 3.71. The predicted molar refractivity (Wildman–Crippen MR) is 89.4 cm³/mol. The van der Waals surface area contributed by atoms with E-state index in [1.54, 1.807) is 7.11 Å². The van der Waals surface area contributed by atoms with Gasteiger partial charge in [-0.25, -0.2) is 0 Å². The van der Waals surface area contributed by atoms with Crippen LogP contribution < -0.4 is 10.5 Å². The number of hydrogen-bond donors (Lipinski definition) is 1. The van der Waals surface area contributed by atoms with E-state index in [9.17, 15) is 0 Å². The molecular weight excluding hydrogens is 353 g/mol. The van der Waals surface area contributed by atoms with Crippen molar-refractivity contribution in [3.8, 4) is 5.75 Å². The van der Waals surface area contributed by atoms with E-state index in [0.717, 1.165) is 12.2 Å². The Morgan fingerprint density at radius 3 is 2.74 bits per heavy atom. The molecule has 0 amide bonds. The van der Waals surface area contributed by atoms with Gasteiger partial charge in [-0.1, -0.05) is 18.2 Å². The highest BCUT2D eigenvalue weighted by atomic mass is 127. The maximum absolute atomic E-state index is 5.94. The Labute approximate surface area is 132 Å². The Hall–Kier alpha value is -0.980. The molecule has 1 aliphatic carbocycles. The number of nitrogens with two attached hydrogens (primary N) is 1. The fourth-order valence-electron chi connectivity index (χ4n) is 1.96. The Balaban J connectivity index is 0.00000180. The zero-order valence-electron chi connectivity index (χ0n) is 11.5. The minimum absolute atomic E-state index is 0. The van der Waals surface area contributed by atoms with Gasteiger partial charge in [-0.15, -0.1) is 24.0 Å². The maximum Gasteiger partial charge on any atom is 0.191 e. The second-order valence-corrected chi connectivity index (χ2v) is 4.64. The molecule has 0 radical (unpaired) electrons. The first-order valence-electron chi connectivity index (χ1n) is 6.37. The summed E-state index contributed by atoms with van der Waals surface area (Å²) in [5.74, 6) is 1.56. The van der Waals surface area contributed by atoms with Gasteiger partial charge in [0.25, 0.3) is 0 Å². The monoisotopic (exact) mass is 375 g/mol. The molecule has 19 heavy (non-hydrogen) atoms. The van der Waals surface area contributed by atoms with Crippen LogP contribution in [0.2, 0.25) is 0 Å². The lowest BCUT2D eigenvalue weighted by molar-refractivity contribution is 0.409. The van der Waals surface area contributed by atoms with Crippen molar-refractivity contribution in [3.63, 3.8) is 0 Å². The molecule has 1 fully saturated rings. The summed E-state index contributed by atoms with van der Waals surface area (Å²) < 4.78 is 5.31. The van der Waals surface area contributed by atoms with Gasteiger partial charge in [-0.3, -0.25) is 4.99 Å².